The number of benzene rings is 1. The van der Waals surface area contributed by atoms with Crippen LogP contribution in [0.4, 0.5) is 4.39 Å². The molecule has 0 bridgehead atoms. The van der Waals surface area contributed by atoms with Crippen LogP contribution in [-0.4, -0.2) is 17.2 Å². The highest BCUT2D eigenvalue weighted by Gasteiger charge is 2.10. The van der Waals surface area contributed by atoms with E-state index >= 15 is 0 Å². The summed E-state index contributed by atoms with van der Waals surface area (Å²) in [5.74, 6) is -1.49. The van der Waals surface area contributed by atoms with Gasteiger partial charge in [-0.2, -0.15) is 0 Å². The Morgan fingerprint density at radius 1 is 1.25 bits per heavy atom. The van der Waals surface area contributed by atoms with E-state index < -0.39 is 23.0 Å². The lowest BCUT2D eigenvalue weighted by atomic mass is 10.2. The monoisotopic (exact) mass is 244 g/mol. The van der Waals surface area contributed by atoms with E-state index in [1.165, 1.54) is 19.1 Å². The van der Waals surface area contributed by atoms with Crippen molar-refractivity contribution in [2.24, 2.45) is 0 Å². The lowest BCUT2D eigenvalue weighted by Gasteiger charge is -2.08. The smallest absolute Gasteiger partial charge is 0.269 e. The van der Waals surface area contributed by atoms with E-state index in [-0.39, 0.29) is 5.56 Å². The van der Waals surface area contributed by atoms with Crippen LogP contribution in [0.2, 0.25) is 0 Å². The van der Waals surface area contributed by atoms with Crippen molar-refractivity contribution in [3.8, 4) is 0 Å². The minimum Gasteiger partial charge on any atom is -0.272 e. The number of halogens is 2. The fraction of sp³-hybridized carbons (Fsp3) is 0.200. The molecule has 0 spiro atoms. The van der Waals surface area contributed by atoms with Crippen molar-refractivity contribution >= 4 is 23.4 Å². The number of hydrogen-bond acceptors (Lipinski definition) is 2. The van der Waals surface area contributed by atoms with Crippen molar-refractivity contribution < 1.29 is 14.0 Å². The molecule has 0 saturated heterocycles. The van der Waals surface area contributed by atoms with Crippen LogP contribution >= 0.6 is 11.6 Å². The van der Waals surface area contributed by atoms with E-state index in [9.17, 15) is 14.0 Å². The molecule has 1 atom stereocenters. The molecule has 0 unspecified atom stereocenters. The van der Waals surface area contributed by atoms with Crippen molar-refractivity contribution in [3.05, 3.63) is 35.6 Å². The Labute approximate surface area is 96.8 Å². The van der Waals surface area contributed by atoms with Crippen LogP contribution in [0.1, 0.15) is 17.3 Å². The first-order chi connectivity index (χ1) is 7.50. The van der Waals surface area contributed by atoms with Gasteiger partial charge in [-0.1, -0.05) is 0 Å². The fourth-order valence-electron chi connectivity index (χ4n) is 0.891. The van der Waals surface area contributed by atoms with Crippen molar-refractivity contribution in [2.45, 2.75) is 12.3 Å². The molecule has 1 rings (SSSR count). The van der Waals surface area contributed by atoms with E-state index in [2.05, 4.69) is 10.9 Å². The normalized spacial score (nSPS) is 11.7. The number of carbonyl (C=O) groups is 2. The first kappa shape index (κ1) is 12.4. The maximum absolute atomic E-state index is 12.6. The second kappa shape index (κ2) is 5.46. The molecular weight excluding hydrogens is 235 g/mol. The Morgan fingerprint density at radius 2 is 1.81 bits per heavy atom. The molecular formula is C10H10ClFN2O2. The maximum atomic E-state index is 12.6. The molecule has 1 aromatic carbocycles. The number of nitrogens with one attached hydrogen (secondary N) is 2. The minimum absolute atomic E-state index is 0.240. The van der Waals surface area contributed by atoms with Crippen molar-refractivity contribution in [3.63, 3.8) is 0 Å². The van der Waals surface area contributed by atoms with Gasteiger partial charge in [0.15, 0.2) is 0 Å². The van der Waals surface area contributed by atoms with Gasteiger partial charge in [0, 0.05) is 5.56 Å². The van der Waals surface area contributed by atoms with Gasteiger partial charge in [0.2, 0.25) is 0 Å². The molecule has 0 saturated carbocycles. The molecule has 0 fully saturated rings. The summed E-state index contributed by atoms with van der Waals surface area (Å²) < 4.78 is 12.6. The van der Waals surface area contributed by atoms with Crippen molar-refractivity contribution in [1.82, 2.24) is 10.9 Å². The molecule has 6 heteroatoms. The van der Waals surface area contributed by atoms with Crippen LogP contribution < -0.4 is 10.9 Å². The molecule has 0 heterocycles. The second-order valence-corrected chi connectivity index (χ2v) is 3.72. The number of hydrogen-bond donors (Lipinski definition) is 2. The topological polar surface area (TPSA) is 58.2 Å². The molecule has 0 aliphatic carbocycles. The SMILES string of the molecule is C[C@@H](Cl)C(=O)NNC(=O)c1ccc(F)cc1. The Kier molecular flexibility index (Phi) is 4.25. The maximum Gasteiger partial charge on any atom is 0.269 e. The minimum atomic E-state index is -0.742. The third kappa shape index (κ3) is 3.51. The van der Waals surface area contributed by atoms with Gasteiger partial charge in [-0.05, 0) is 31.2 Å². The number of amides is 2. The molecule has 0 aromatic heterocycles. The predicted octanol–water partition coefficient (Wildman–Crippen LogP) is 1.21. The molecule has 2 amide bonds. The molecule has 4 nitrogen and oxygen atoms in total. The van der Waals surface area contributed by atoms with E-state index in [1.807, 2.05) is 0 Å². The lowest BCUT2D eigenvalue weighted by molar-refractivity contribution is -0.121. The highest BCUT2D eigenvalue weighted by atomic mass is 35.5. The summed E-state index contributed by atoms with van der Waals surface area (Å²) in [5, 5.41) is -0.742. The van der Waals surface area contributed by atoms with Crippen LogP contribution in [0.3, 0.4) is 0 Å². The summed E-state index contributed by atoms with van der Waals surface area (Å²) in [6, 6.07) is 4.92. The number of alkyl halides is 1. The van der Waals surface area contributed by atoms with Gasteiger partial charge >= 0.3 is 0 Å². The van der Waals surface area contributed by atoms with Crippen LogP contribution in [0.15, 0.2) is 24.3 Å². The average Bonchev–Trinajstić information content (AvgIpc) is 2.26. The van der Waals surface area contributed by atoms with Gasteiger partial charge in [-0.15, -0.1) is 11.6 Å². The van der Waals surface area contributed by atoms with Gasteiger partial charge in [0.25, 0.3) is 11.8 Å². The summed E-state index contributed by atoms with van der Waals surface area (Å²) in [6.07, 6.45) is 0. The summed E-state index contributed by atoms with van der Waals surface area (Å²) in [7, 11) is 0. The quantitative estimate of drug-likeness (QED) is 0.607. The molecule has 0 aliphatic rings. The van der Waals surface area contributed by atoms with Gasteiger partial charge in [-0.25, -0.2) is 4.39 Å². The first-order valence-corrected chi connectivity index (χ1v) is 4.94. The molecule has 16 heavy (non-hydrogen) atoms. The van der Waals surface area contributed by atoms with E-state index in [4.69, 9.17) is 11.6 Å². The summed E-state index contributed by atoms with van der Waals surface area (Å²) in [6.45, 7) is 1.47. The van der Waals surface area contributed by atoms with E-state index in [0.717, 1.165) is 12.1 Å². The van der Waals surface area contributed by atoms with Crippen LogP contribution in [0, 0.1) is 5.82 Å². The Balaban J connectivity index is 2.53. The fourth-order valence-corrected chi connectivity index (χ4v) is 0.946. The Bertz CT molecular complexity index is 392. The molecule has 0 radical (unpaired) electrons. The van der Waals surface area contributed by atoms with Crippen LogP contribution in [0.5, 0.6) is 0 Å². The Hall–Kier alpha value is -1.62. The zero-order valence-corrected chi connectivity index (χ0v) is 9.22. The standard InChI is InChI=1S/C10H10ClFN2O2/c1-6(11)9(15)13-14-10(16)7-2-4-8(12)5-3-7/h2-6H,1H3,(H,13,15)(H,14,16)/t6-/m1/s1. The van der Waals surface area contributed by atoms with Gasteiger partial charge < -0.3 is 0 Å². The summed E-state index contributed by atoms with van der Waals surface area (Å²) in [5.41, 5.74) is 4.52. The van der Waals surface area contributed by atoms with Gasteiger partial charge in [0.05, 0.1) is 0 Å². The number of rotatable bonds is 2. The molecule has 2 N–H and O–H groups in total. The Morgan fingerprint density at radius 3 is 2.31 bits per heavy atom. The second-order valence-electron chi connectivity index (χ2n) is 3.07. The number of hydrazine groups is 1. The third-order valence-electron chi connectivity index (χ3n) is 1.77. The zero-order valence-electron chi connectivity index (χ0n) is 8.46. The zero-order chi connectivity index (χ0) is 12.1. The average molecular weight is 245 g/mol. The van der Waals surface area contributed by atoms with E-state index in [0.29, 0.717) is 0 Å². The van der Waals surface area contributed by atoms with Crippen molar-refractivity contribution in [2.75, 3.05) is 0 Å². The highest BCUT2D eigenvalue weighted by Crippen LogP contribution is 2.01. The summed E-state index contributed by atoms with van der Waals surface area (Å²) >= 11 is 5.47. The lowest BCUT2D eigenvalue weighted by Crippen LogP contribution is -2.44. The van der Waals surface area contributed by atoms with Crippen LogP contribution in [0.25, 0.3) is 0 Å². The van der Waals surface area contributed by atoms with Gasteiger partial charge in [0.1, 0.15) is 11.2 Å². The molecule has 0 aliphatic heterocycles. The predicted molar refractivity (Wildman–Crippen MR) is 57.3 cm³/mol. The first-order valence-electron chi connectivity index (χ1n) is 4.50. The third-order valence-corrected chi connectivity index (χ3v) is 1.97. The number of carbonyl (C=O) groups excluding carboxylic acids is 2. The largest absolute Gasteiger partial charge is 0.272 e. The van der Waals surface area contributed by atoms with Gasteiger partial charge in [-0.3, -0.25) is 20.4 Å². The van der Waals surface area contributed by atoms with Crippen molar-refractivity contribution in [1.29, 1.82) is 0 Å². The molecule has 86 valence electrons. The molecule has 1 aromatic rings. The summed E-state index contributed by atoms with van der Waals surface area (Å²) in [4.78, 5) is 22.4. The van der Waals surface area contributed by atoms with Crippen LogP contribution in [-0.2, 0) is 4.79 Å². The van der Waals surface area contributed by atoms with E-state index in [1.54, 1.807) is 0 Å². The highest BCUT2D eigenvalue weighted by molar-refractivity contribution is 6.30.